The summed E-state index contributed by atoms with van der Waals surface area (Å²) in [5.74, 6) is -0.0881. The third-order valence-electron chi connectivity index (χ3n) is 3.47. The van der Waals surface area contributed by atoms with Crippen LogP contribution < -0.4 is 5.73 Å². The van der Waals surface area contributed by atoms with Gasteiger partial charge in [0, 0.05) is 6.54 Å². The van der Waals surface area contributed by atoms with Gasteiger partial charge in [-0.25, -0.2) is 4.68 Å². The molecule has 20 heavy (non-hydrogen) atoms. The van der Waals surface area contributed by atoms with Gasteiger partial charge in [0.1, 0.15) is 11.8 Å². The molecule has 0 spiro atoms. The highest BCUT2D eigenvalue weighted by Gasteiger charge is 2.32. The third kappa shape index (κ3) is 2.35. The quantitative estimate of drug-likeness (QED) is 0.838. The summed E-state index contributed by atoms with van der Waals surface area (Å²) >= 11 is 0. The molecule has 2 unspecified atom stereocenters. The first kappa shape index (κ1) is 13.0. The van der Waals surface area contributed by atoms with Crippen LogP contribution in [0.2, 0.25) is 0 Å². The fourth-order valence-corrected chi connectivity index (χ4v) is 2.40. The molecule has 2 atom stereocenters. The molecule has 104 valence electrons. The van der Waals surface area contributed by atoms with Crippen molar-refractivity contribution in [2.75, 3.05) is 6.54 Å². The number of hydrogen-bond donors (Lipinski definition) is 1. The van der Waals surface area contributed by atoms with Gasteiger partial charge in [-0.3, -0.25) is 4.79 Å². The molecule has 0 bridgehead atoms. The number of ether oxygens (including phenoxy) is 1. The highest BCUT2D eigenvalue weighted by Crippen LogP contribution is 2.22. The van der Waals surface area contributed by atoms with Crippen molar-refractivity contribution in [1.29, 1.82) is 0 Å². The average Bonchev–Trinajstić information content (AvgIpc) is 3.16. The van der Waals surface area contributed by atoms with Crippen molar-refractivity contribution in [1.82, 2.24) is 15.0 Å². The van der Waals surface area contributed by atoms with Crippen molar-refractivity contribution < 1.29 is 9.53 Å². The highest BCUT2D eigenvalue weighted by atomic mass is 16.5. The van der Waals surface area contributed by atoms with Gasteiger partial charge < -0.3 is 10.5 Å². The molecule has 3 rings (SSSR count). The van der Waals surface area contributed by atoms with E-state index in [1.807, 2.05) is 30.3 Å². The Balaban J connectivity index is 1.85. The summed E-state index contributed by atoms with van der Waals surface area (Å²) in [6.45, 7) is 0.444. The van der Waals surface area contributed by atoms with Gasteiger partial charge in [-0.05, 0) is 25.0 Å². The number of rotatable bonds is 4. The number of ketones is 1. The van der Waals surface area contributed by atoms with Crippen molar-refractivity contribution in [3.8, 4) is 5.69 Å². The molecular formula is C14H16N4O2. The number of aromatic nitrogens is 3. The Morgan fingerprint density at radius 3 is 2.85 bits per heavy atom. The van der Waals surface area contributed by atoms with Crippen LogP contribution in [0.25, 0.3) is 5.69 Å². The topological polar surface area (TPSA) is 83.0 Å². The van der Waals surface area contributed by atoms with Gasteiger partial charge in [0.05, 0.1) is 18.0 Å². The largest absolute Gasteiger partial charge is 0.365 e. The number of carbonyl (C=O) groups is 1. The number of nitrogens with two attached hydrogens (primary N) is 1. The fourth-order valence-electron chi connectivity index (χ4n) is 2.40. The van der Waals surface area contributed by atoms with Crippen LogP contribution in [-0.2, 0) is 4.74 Å². The minimum atomic E-state index is -0.440. The maximum absolute atomic E-state index is 12.5. The number of hydrogen-bond acceptors (Lipinski definition) is 5. The van der Waals surface area contributed by atoms with E-state index >= 15 is 0 Å². The Hall–Kier alpha value is -2.05. The van der Waals surface area contributed by atoms with Crippen molar-refractivity contribution in [3.63, 3.8) is 0 Å². The predicted molar refractivity (Wildman–Crippen MR) is 72.6 cm³/mol. The lowest BCUT2D eigenvalue weighted by Crippen LogP contribution is -2.26. The molecule has 1 saturated heterocycles. The number of Topliss-reactive ketones (excluding diaryl/α,β-unsaturated/α-hetero) is 1. The van der Waals surface area contributed by atoms with E-state index in [0.717, 1.165) is 12.1 Å². The summed E-state index contributed by atoms with van der Waals surface area (Å²) in [7, 11) is 0. The number of benzene rings is 1. The maximum atomic E-state index is 12.5. The number of para-hydroxylation sites is 1. The number of carbonyl (C=O) groups excluding carboxylic acids is 1. The molecule has 6 nitrogen and oxygen atoms in total. The summed E-state index contributed by atoms with van der Waals surface area (Å²) < 4.78 is 7.19. The number of nitrogens with zero attached hydrogens (tertiary/aromatic N) is 3. The summed E-state index contributed by atoms with van der Waals surface area (Å²) in [5.41, 5.74) is 6.82. The normalized spacial score (nSPS) is 22.1. The van der Waals surface area contributed by atoms with Crippen LogP contribution in [0.1, 0.15) is 23.3 Å². The van der Waals surface area contributed by atoms with E-state index in [-0.39, 0.29) is 11.9 Å². The smallest absolute Gasteiger partial charge is 0.211 e. The summed E-state index contributed by atoms with van der Waals surface area (Å²) in [6.07, 6.45) is 2.53. The average molecular weight is 272 g/mol. The molecule has 2 N–H and O–H groups in total. The zero-order chi connectivity index (χ0) is 13.9. The van der Waals surface area contributed by atoms with Crippen LogP contribution in [0.5, 0.6) is 0 Å². The molecule has 1 fully saturated rings. The molecule has 2 aromatic rings. The molecule has 0 saturated carbocycles. The molecule has 0 aliphatic carbocycles. The van der Waals surface area contributed by atoms with Gasteiger partial charge in [0.2, 0.25) is 5.78 Å². The molecule has 1 aromatic carbocycles. The molecule has 0 radical (unpaired) electrons. The van der Waals surface area contributed by atoms with Gasteiger partial charge in [0.15, 0.2) is 0 Å². The van der Waals surface area contributed by atoms with Crippen LogP contribution in [0.3, 0.4) is 0 Å². The molecule has 1 aliphatic heterocycles. The second-order valence-corrected chi connectivity index (χ2v) is 4.79. The van der Waals surface area contributed by atoms with E-state index in [4.69, 9.17) is 10.5 Å². The first-order valence-corrected chi connectivity index (χ1v) is 6.65. The lowest BCUT2D eigenvalue weighted by atomic mass is 10.1. The van der Waals surface area contributed by atoms with Crippen LogP contribution in [0, 0.1) is 0 Å². The summed E-state index contributed by atoms with van der Waals surface area (Å²) in [6, 6.07) is 9.45. The van der Waals surface area contributed by atoms with Crippen molar-refractivity contribution >= 4 is 5.78 Å². The maximum Gasteiger partial charge on any atom is 0.211 e. The summed E-state index contributed by atoms with van der Waals surface area (Å²) in [4.78, 5) is 12.5. The van der Waals surface area contributed by atoms with Crippen molar-refractivity contribution in [2.45, 2.75) is 25.0 Å². The Kier molecular flexibility index (Phi) is 3.58. The highest BCUT2D eigenvalue weighted by molar-refractivity contribution is 5.98. The first-order chi connectivity index (χ1) is 9.79. The standard InChI is InChI=1S/C14H16N4O2/c15-8-11-6-7-13(20-11)14(19)12-9-16-17-18(12)10-4-2-1-3-5-10/h1-5,9,11,13H,6-8,15H2. The van der Waals surface area contributed by atoms with Gasteiger partial charge in [-0.2, -0.15) is 0 Å². The zero-order valence-corrected chi connectivity index (χ0v) is 11.0. The van der Waals surface area contributed by atoms with Gasteiger partial charge >= 0.3 is 0 Å². The second kappa shape index (κ2) is 5.52. The van der Waals surface area contributed by atoms with Gasteiger partial charge in [-0.1, -0.05) is 23.4 Å². The van der Waals surface area contributed by atoms with Crippen molar-refractivity contribution in [3.05, 3.63) is 42.2 Å². The van der Waals surface area contributed by atoms with Crippen LogP contribution >= 0.6 is 0 Å². The van der Waals surface area contributed by atoms with E-state index in [0.29, 0.717) is 18.7 Å². The Bertz CT molecular complexity index is 596. The Morgan fingerprint density at radius 2 is 2.15 bits per heavy atom. The molecular weight excluding hydrogens is 256 g/mol. The van der Waals surface area contributed by atoms with Gasteiger partial charge in [0.25, 0.3) is 0 Å². The monoisotopic (exact) mass is 272 g/mol. The van der Waals surface area contributed by atoms with Crippen LogP contribution in [0.15, 0.2) is 36.5 Å². The third-order valence-corrected chi connectivity index (χ3v) is 3.47. The fraction of sp³-hybridized carbons (Fsp3) is 0.357. The molecule has 1 aliphatic rings. The zero-order valence-electron chi connectivity index (χ0n) is 11.0. The van der Waals surface area contributed by atoms with E-state index in [1.165, 1.54) is 6.20 Å². The van der Waals surface area contributed by atoms with E-state index in [1.54, 1.807) is 4.68 Å². The Morgan fingerprint density at radius 1 is 1.35 bits per heavy atom. The summed E-state index contributed by atoms with van der Waals surface area (Å²) in [5, 5.41) is 7.83. The van der Waals surface area contributed by atoms with Gasteiger partial charge in [-0.15, -0.1) is 5.10 Å². The minimum Gasteiger partial charge on any atom is -0.365 e. The molecule has 2 heterocycles. The lowest BCUT2D eigenvalue weighted by molar-refractivity contribution is 0.0398. The van der Waals surface area contributed by atoms with Crippen LogP contribution in [-0.4, -0.2) is 39.5 Å². The molecule has 1 aromatic heterocycles. The predicted octanol–water partition coefficient (Wildman–Crippen LogP) is 0.956. The Labute approximate surface area is 116 Å². The van der Waals surface area contributed by atoms with Crippen LogP contribution in [0.4, 0.5) is 0 Å². The molecule has 6 heteroatoms. The molecule has 0 amide bonds. The SMILES string of the molecule is NCC1CCC(C(=O)c2cnnn2-c2ccccc2)O1. The first-order valence-electron chi connectivity index (χ1n) is 6.65. The minimum absolute atomic E-state index is 0.0231. The van der Waals surface area contributed by atoms with E-state index in [9.17, 15) is 4.79 Å². The van der Waals surface area contributed by atoms with E-state index < -0.39 is 6.10 Å². The second-order valence-electron chi connectivity index (χ2n) is 4.79. The van der Waals surface area contributed by atoms with Crippen molar-refractivity contribution in [2.24, 2.45) is 5.73 Å². The van der Waals surface area contributed by atoms with E-state index in [2.05, 4.69) is 10.3 Å². The lowest BCUT2D eigenvalue weighted by Gasteiger charge is -2.12.